The van der Waals surface area contributed by atoms with Crippen molar-refractivity contribution in [3.63, 3.8) is 0 Å². The Morgan fingerprint density at radius 2 is 1.77 bits per heavy atom. The molecule has 1 N–H and O–H groups in total. The molecule has 4 rings (SSSR count). The van der Waals surface area contributed by atoms with Crippen molar-refractivity contribution in [2.45, 2.75) is 97.8 Å². The van der Waals surface area contributed by atoms with Gasteiger partial charge in [0.2, 0.25) is 0 Å². The van der Waals surface area contributed by atoms with E-state index in [4.69, 9.17) is 0 Å². The molecule has 0 bridgehead atoms. The van der Waals surface area contributed by atoms with E-state index in [-0.39, 0.29) is 0 Å². The van der Waals surface area contributed by atoms with Crippen LogP contribution in [0.1, 0.15) is 97.8 Å². The summed E-state index contributed by atoms with van der Waals surface area (Å²) in [5, 5.41) is 9.77. The molecule has 0 aromatic carbocycles. The molecule has 4 saturated carbocycles. The molecular formula is C25H44O. The van der Waals surface area contributed by atoms with Crippen molar-refractivity contribution in [2.75, 3.05) is 6.61 Å². The Balaban J connectivity index is 1.44. The van der Waals surface area contributed by atoms with Crippen LogP contribution >= 0.6 is 0 Å². The quantitative estimate of drug-likeness (QED) is 0.579. The van der Waals surface area contributed by atoms with E-state index in [9.17, 15) is 5.11 Å². The van der Waals surface area contributed by atoms with E-state index < -0.39 is 0 Å². The van der Waals surface area contributed by atoms with Crippen molar-refractivity contribution in [3.8, 4) is 0 Å². The van der Waals surface area contributed by atoms with Crippen LogP contribution in [0.4, 0.5) is 0 Å². The minimum atomic E-state index is 0.394. The minimum absolute atomic E-state index is 0.394. The van der Waals surface area contributed by atoms with Crippen LogP contribution in [0.15, 0.2) is 0 Å². The van der Waals surface area contributed by atoms with E-state index in [0.717, 1.165) is 41.4 Å². The van der Waals surface area contributed by atoms with Gasteiger partial charge in [0.1, 0.15) is 0 Å². The summed E-state index contributed by atoms with van der Waals surface area (Å²) in [6.45, 7) is 7.66. The van der Waals surface area contributed by atoms with Gasteiger partial charge in [0.05, 0.1) is 0 Å². The number of unbranched alkanes of at least 4 members (excludes halogenated alkanes) is 1. The molecule has 1 heteroatoms. The number of hydrogen-bond acceptors (Lipinski definition) is 1. The van der Waals surface area contributed by atoms with Crippen LogP contribution in [0.3, 0.4) is 0 Å². The lowest BCUT2D eigenvalue weighted by molar-refractivity contribution is -0.0765. The van der Waals surface area contributed by atoms with Gasteiger partial charge in [-0.2, -0.15) is 0 Å². The Morgan fingerprint density at radius 3 is 2.54 bits per heavy atom. The molecule has 0 amide bonds. The van der Waals surface area contributed by atoms with Gasteiger partial charge in [0.25, 0.3) is 0 Å². The third kappa shape index (κ3) is 3.19. The minimum Gasteiger partial charge on any atom is -0.396 e. The number of hydrogen-bond donors (Lipinski definition) is 1. The molecule has 0 radical (unpaired) electrons. The number of rotatable bonds is 5. The fourth-order valence-electron chi connectivity index (χ4n) is 8.81. The van der Waals surface area contributed by atoms with E-state index in [1.807, 2.05) is 0 Å². The Hall–Kier alpha value is -0.0400. The predicted molar refractivity (Wildman–Crippen MR) is 110 cm³/mol. The van der Waals surface area contributed by atoms with Gasteiger partial charge in [0, 0.05) is 6.61 Å². The van der Waals surface area contributed by atoms with Crippen molar-refractivity contribution in [1.29, 1.82) is 0 Å². The summed E-state index contributed by atoms with van der Waals surface area (Å²) in [5.41, 5.74) is 0.536. The summed E-state index contributed by atoms with van der Waals surface area (Å²) in [4.78, 5) is 0. The maximum atomic E-state index is 9.77. The molecule has 4 aliphatic carbocycles. The molecule has 1 nitrogen and oxygen atoms in total. The lowest BCUT2D eigenvalue weighted by atomic mass is 9.48. The van der Waals surface area contributed by atoms with Crippen LogP contribution in [0, 0.1) is 52.8 Å². The zero-order valence-corrected chi connectivity index (χ0v) is 17.8. The summed E-state index contributed by atoms with van der Waals surface area (Å²) >= 11 is 0. The lowest BCUT2D eigenvalue weighted by Crippen LogP contribution is -2.49. The van der Waals surface area contributed by atoms with Crippen LogP contribution in [0.2, 0.25) is 0 Å². The highest BCUT2D eigenvalue weighted by atomic mass is 16.3. The second-order valence-electron chi connectivity index (χ2n) is 11.1. The van der Waals surface area contributed by atoms with Crippen molar-refractivity contribution in [3.05, 3.63) is 0 Å². The van der Waals surface area contributed by atoms with E-state index in [1.165, 1.54) is 57.8 Å². The summed E-state index contributed by atoms with van der Waals surface area (Å²) < 4.78 is 0. The van der Waals surface area contributed by atoms with Gasteiger partial charge in [-0.05, 0) is 104 Å². The third-order valence-electron chi connectivity index (χ3n) is 10.1. The first-order valence-electron chi connectivity index (χ1n) is 12.2. The van der Waals surface area contributed by atoms with Crippen LogP contribution in [-0.4, -0.2) is 11.7 Å². The zero-order valence-electron chi connectivity index (χ0n) is 17.8. The summed E-state index contributed by atoms with van der Waals surface area (Å²) in [6.07, 6.45) is 17.9. The second-order valence-corrected chi connectivity index (χ2v) is 11.1. The molecule has 0 saturated heterocycles. The van der Waals surface area contributed by atoms with Gasteiger partial charge in [0.15, 0.2) is 0 Å². The van der Waals surface area contributed by atoms with Gasteiger partial charge in [-0.25, -0.2) is 0 Å². The highest BCUT2D eigenvalue weighted by molar-refractivity contribution is 5.06. The van der Waals surface area contributed by atoms with Gasteiger partial charge in [-0.15, -0.1) is 0 Å². The van der Waals surface area contributed by atoms with Crippen LogP contribution in [0.25, 0.3) is 0 Å². The maximum Gasteiger partial charge on any atom is 0.0459 e. The largest absolute Gasteiger partial charge is 0.396 e. The molecule has 9 unspecified atom stereocenters. The van der Waals surface area contributed by atoms with Gasteiger partial charge < -0.3 is 5.11 Å². The molecule has 0 spiro atoms. The van der Waals surface area contributed by atoms with E-state index in [1.54, 1.807) is 19.3 Å². The smallest absolute Gasteiger partial charge is 0.0459 e. The van der Waals surface area contributed by atoms with Crippen molar-refractivity contribution in [2.24, 2.45) is 52.8 Å². The van der Waals surface area contributed by atoms with Crippen LogP contribution in [0.5, 0.6) is 0 Å². The average Bonchev–Trinajstić information content (AvgIpc) is 3.02. The predicted octanol–water partition coefficient (Wildman–Crippen LogP) is 6.69. The number of fused-ring (bicyclic) bond motifs is 5. The molecule has 9 atom stereocenters. The highest BCUT2D eigenvalue weighted by Crippen LogP contribution is 2.65. The van der Waals surface area contributed by atoms with E-state index in [2.05, 4.69) is 20.8 Å². The fourth-order valence-corrected chi connectivity index (χ4v) is 8.81. The summed E-state index contributed by atoms with van der Waals surface area (Å²) in [5.74, 6) is 7.55. The van der Waals surface area contributed by atoms with Crippen molar-refractivity contribution in [1.82, 2.24) is 0 Å². The number of aliphatic hydroxyl groups is 1. The SMILES string of the molecule is CCCCC1CCC2C(CCC3C2CCC2(C)C(C(C)CO)CCC32)C1. The standard InChI is InChI=1S/C25H44O/c1-4-5-6-18-7-9-20-19(15-18)8-10-22-21(20)13-14-25(3)23(17(2)16-26)11-12-24(22)25/h17-24,26H,4-16H2,1-3H3. The molecule has 4 aliphatic rings. The zero-order chi connectivity index (χ0) is 18.3. The topological polar surface area (TPSA) is 20.2 Å². The maximum absolute atomic E-state index is 9.77. The Bertz CT molecular complexity index is 473. The van der Waals surface area contributed by atoms with Gasteiger partial charge in [-0.1, -0.05) is 46.5 Å². The Labute approximate surface area is 162 Å². The van der Waals surface area contributed by atoms with E-state index >= 15 is 0 Å². The first-order chi connectivity index (χ1) is 12.6. The summed E-state index contributed by atoms with van der Waals surface area (Å²) in [6, 6.07) is 0. The Kier molecular flexibility index (Phi) is 5.76. The van der Waals surface area contributed by atoms with Crippen molar-refractivity contribution < 1.29 is 5.11 Å². The third-order valence-corrected chi connectivity index (χ3v) is 10.1. The molecule has 150 valence electrons. The first kappa shape index (κ1) is 19.3. The number of aliphatic hydroxyl groups excluding tert-OH is 1. The molecule has 0 heterocycles. The molecular weight excluding hydrogens is 316 g/mol. The monoisotopic (exact) mass is 360 g/mol. The van der Waals surface area contributed by atoms with Gasteiger partial charge >= 0.3 is 0 Å². The molecule has 0 aliphatic heterocycles. The average molecular weight is 361 g/mol. The fraction of sp³-hybridized carbons (Fsp3) is 1.00. The molecule has 0 aromatic rings. The molecule has 0 aromatic heterocycles. The first-order valence-corrected chi connectivity index (χ1v) is 12.2. The van der Waals surface area contributed by atoms with Crippen LogP contribution in [-0.2, 0) is 0 Å². The highest BCUT2D eigenvalue weighted by Gasteiger charge is 2.57. The molecule has 4 fully saturated rings. The second kappa shape index (κ2) is 7.76. The van der Waals surface area contributed by atoms with Gasteiger partial charge in [-0.3, -0.25) is 0 Å². The lowest BCUT2D eigenvalue weighted by Gasteiger charge is -2.57. The Morgan fingerprint density at radius 1 is 0.962 bits per heavy atom. The van der Waals surface area contributed by atoms with E-state index in [0.29, 0.717) is 17.9 Å². The molecule has 26 heavy (non-hydrogen) atoms. The van der Waals surface area contributed by atoms with Crippen molar-refractivity contribution >= 4 is 0 Å². The summed E-state index contributed by atoms with van der Waals surface area (Å²) in [7, 11) is 0. The van der Waals surface area contributed by atoms with Crippen LogP contribution < -0.4 is 0 Å². The normalized spacial score (nSPS) is 49.2.